The Bertz CT molecular complexity index is 1930. The fraction of sp³-hybridized carbons (Fsp3) is 0.688. The van der Waals surface area contributed by atoms with Crippen molar-refractivity contribution >= 4 is 17.9 Å². The van der Waals surface area contributed by atoms with Gasteiger partial charge in [0.1, 0.15) is 13.2 Å². The van der Waals surface area contributed by atoms with Crippen molar-refractivity contribution in [3.63, 3.8) is 0 Å². The first kappa shape index (κ1) is 84.4. The van der Waals surface area contributed by atoms with Crippen LogP contribution in [0.15, 0.2) is 134 Å². The first-order valence-corrected chi connectivity index (χ1v) is 36.3. The minimum Gasteiger partial charge on any atom is -0.477 e. The number of carboxylic acid groups (broad SMARTS) is 1. The summed E-state index contributed by atoms with van der Waals surface area (Å²) in [6.07, 6.45) is 97.0. The molecule has 9 heteroatoms. The first-order chi connectivity index (χ1) is 43.6. The lowest BCUT2D eigenvalue weighted by atomic mass is 10.0. The highest BCUT2D eigenvalue weighted by Gasteiger charge is 2.25. The summed E-state index contributed by atoms with van der Waals surface area (Å²) < 4.78 is 23.0. The molecule has 9 nitrogen and oxygen atoms in total. The summed E-state index contributed by atoms with van der Waals surface area (Å²) in [6.45, 7) is 4.75. The van der Waals surface area contributed by atoms with E-state index in [1.165, 1.54) is 154 Å². The average Bonchev–Trinajstić information content (AvgIpc) is 3.64. The quantitative estimate of drug-likeness (QED) is 0.0211. The number of unbranched alkanes of at least 4 members (excludes halogenated alkanes) is 29. The third-order valence-corrected chi connectivity index (χ3v) is 15.4. The molecule has 0 aliphatic carbocycles. The molecule has 2 unspecified atom stereocenters. The van der Waals surface area contributed by atoms with E-state index in [-0.39, 0.29) is 32.2 Å². The number of hydrogen-bond acceptors (Lipinski definition) is 7. The highest BCUT2D eigenvalue weighted by molar-refractivity contribution is 5.71. The van der Waals surface area contributed by atoms with E-state index in [9.17, 15) is 19.5 Å². The lowest BCUT2D eigenvalue weighted by Crippen LogP contribution is -2.40. The van der Waals surface area contributed by atoms with Gasteiger partial charge < -0.3 is 28.5 Å². The van der Waals surface area contributed by atoms with Gasteiger partial charge in [0.05, 0.1) is 34.4 Å². The molecule has 0 saturated carbocycles. The van der Waals surface area contributed by atoms with Crippen LogP contribution in [0.4, 0.5) is 0 Å². The standard InChI is InChI=1S/C80H135NO8/c1-6-8-10-12-14-16-18-20-22-24-26-28-30-32-34-36-38-39-41-43-45-47-49-51-53-55-57-59-61-63-65-67-69-71-78(83)89-76(75-88-80(79(84)85)86-73-72-81(3,4)5)74-87-77(82)70-68-66-64-62-60-58-56-54-52-50-48-46-44-42-40-37-35-33-31-29-27-25-23-21-19-17-15-13-11-9-7-2/h8,10,14,16,19-22,25-28,31-34,38-39,43,45,49,51,76,80H,6-7,9,11-13,15,17-18,23-24,29-30,35-37,40-42,44,46-48,50,52-75H2,1-5H3/p+1/b10-8-,16-14-,21-19-,22-20-,27-25-,28-26-,33-31-,34-32-,39-38-,45-43-,51-49-. The van der Waals surface area contributed by atoms with Crippen LogP contribution in [-0.2, 0) is 33.3 Å². The number of carboxylic acids is 1. The number of likely N-dealkylation sites (N-methyl/N-ethyl adjacent to an activating group) is 1. The van der Waals surface area contributed by atoms with Crippen LogP contribution in [0.5, 0.6) is 0 Å². The number of carbonyl (C=O) groups is 3. The molecule has 0 amide bonds. The summed E-state index contributed by atoms with van der Waals surface area (Å²) in [5, 5.41) is 9.76. The molecule has 0 rings (SSSR count). The normalized spacial score (nSPS) is 13.5. The van der Waals surface area contributed by atoms with Crippen LogP contribution in [0.1, 0.15) is 296 Å². The monoisotopic (exact) mass is 1240 g/mol. The molecule has 0 fully saturated rings. The number of aliphatic carboxylic acids is 1. The molecular formula is C80H136NO8+. The van der Waals surface area contributed by atoms with Crippen molar-refractivity contribution in [1.29, 1.82) is 0 Å². The molecule has 0 aromatic heterocycles. The number of nitrogens with zero attached hydrogens (tertiary/aromatic N) is 1. The van der Waals surface area contributed by atoms with Crippen molar-refractivity contribution in [2.45, 2.75) is 309 Å². The zero-order valence-electron chi connectivity index (χ0n) is 58.0. The maximum Gasteiger partial charge on any atom is 0.361 e. The Kier molecular flexibility index (Phi) is 65.8. The van der Waals surface area contributed by atoms with E-state index in [0.717, 1.165) is 109 Å². The molecule has 0 heterocycles. The lowest BCUT2D eigenvalue weighted by molar-refractivity contribution is -0.870. The van der Waals surface area contributed by atoms with Gasteiger partial charge in [0, 0.05) is 12.8 Å². The predicted octanol–water partition coefficient (Wildman–Crippen LogP) is 22.9. The van der Waals surface area contributed by atoms with Crippen LogP contribution in [0, 0.1) is 0 Å². The number of quaternary nitrogens is 1. The van der Waals surface area contributed by atoms with Crippen molar-refractivity contribution < 1.29 is 42.9 Å². The molecule has 0 aliphatic rings. The molecule has 0 saturated heterocycles. The van der Waals surface area contributed by atoms with Crippen molar-refractivity contribution in [3.05, 3.63) is 134 Å². The topological polar surface area (TPSA) is 108 Å². The molecule has 0 aromatic rings. The fourth-order valence-corrected chi connectivity index (χ4v) is 9.86. The zero-order chi connectivity index (χ0) is 64.7. The van der Waals surface area contributed by atoms with Gasteiger partial charge in [-0.15, -0.1) is 0 Å². The molecular weight excluding hydrogens is 1100 g/mol. The Morgan fingerprint density at radius 1 is 0.348 bits per heavy atom. The second-order valence-corrected chi connectivity index (χ2v) is 25.2. The second-order valence-electron chi connectivity index (χ2n) is 25.2. The van der Waals surface area contributed by atoms with Crippen LogP contribution in [-0.4, -0.2) is 87.4 Å². The zero-order valence-corrected chi connectivity index (χ0v) is 58.0. The van der Waals surface area contributed by atoms with Gasteiger partial charge in [0.15, 0.2) is 6.10 Å². The summed E-state index contributed by atoms with van der Waals surface area (Å²) >= 11 is 0. The molecule has 89 heavy (non-hydrogen) atoms. The molecule has 0 radical (unpaired) electrons. The van der Waals surface area contributed by atoms with Gasteiger partial charge in [-0.2, -0.15) is 0 Å². The SMILES string of the molecule is CC/C=C\C/C=C\C/C=C\C/C=C\C/C=C\C/C=C\C/C=C\C/C=C\CCCCCCCCCCC(=O)OC(COC(=O)CCCCCCCCCCCCCCCCCC/C=C\C/C=C\C/C=C\CCCCCCC)COC(OCC[N+](C)(C)C)C(=O)O. The van der Waals surface area contributed by atoms with Crippen molar-refractivity contribution in [3.8, 4) is 0 Å². The lowest BCUT2D eigenvalue weighted by Gasteiger charge is -2.25. The number of hydrogen-bond donors (Lipinski definition) is 1. The van der Waals surface area contributed by atoms with E-state index in [0.29, 0.717) is 23.9 Å². The first-order valence-electron chi connectivity index (χ1n) is 36.3. The smallest absolute Gasteiger partial charge is 0.361 e. The maximum absolute atomic E-state index is 13.0. The van der Waals surface area contributed by atoms with Crippen molar-refractivity contribution in [2.75, 3.05) is 47.5 Å². The summed E-state index contributed by atoms with van der Waals surface area (Å²) in [4.78, 5) is 37.7. The maximum atomic E-state index is 13.0. The molecule has 508 valence electrons. The Morgan fingerprint density at radius 2 is 0.640 bits per heavy atom. The largest absolute Gasteiger partial charge is 0.477 e. The van der Waals surface area contributed by atoms with Crippen LogP contribution in [0.2, 0.25) is 0 Å². The van der Waals surface area contributed by atoms with Crippen LogP contribution in [0.3, 0.4) is 0 Å². The number of ether oxygens (including phenoxy) is 4. The number of carbonyl (C=O) groups excluding carboxylic acids is 2. The van der Waals surface area contributed by atoms with Gasteiger partial charge in [-0.05, 0) is 116 Å². The number of allylic oxidation sites excluding steroid dienone is 22. The summed E-state index contributed by atoms with van der Waals surface area (Å²) in [7, 11) is 5.97. The van der Waals surface area contributed by atoms with Gasteiger partial charge in [0.25, 0.3) is 6.29 Å². The molecule has 0 aliphatic heterocycles. The highest BCUT2D eigenvalue weighted by Crippen LogP contribution is 2.17. The third-order valence-electron chi connectivity index (χ3n) is 15.4. The van der Waals surface area contributed by atoms with Gasteiger partial charge >= 0.3 is 17.9 Å². The highest BCUT2D eigenvalue weighted by atomic mass is 16.7. The van der Waals surface area contributed by atoms with Gasteiger partial charge in [-0.1, -0.05) is 302 Å². The number of rotatable bonds is 66. The predicted molar refractivity (Wildman–Crippen MR) is 382 cm³/mol. The van der Waals surface area contributed by atoms with E-state index >= 15 is 0 Å². The van der Waals surface area contributed by atoms with Gasteiger partial charge in [0.2, 0.25) is 0 Å². The molecule has 0 spiro atoms. The minimum absolute atomic E-state index is 0.180. The summed E-state index contributed by atoms with van der Waals surface area (Å²) in [5.41, 5.74) is 0. The second kappa shape index (κ2) is 69.3. The third kappa shape index (κ3) is 70.7. The van der Waals surface area contributed by atoms with Crippen LogP contribution >= 0.6 is 0 Å². The van der Waals surface area contributed by atoms with Crippen LogP contribution < -0.4 is 0 Å². The fourth-order valence-electron chi connectivity index (χ4n) is 9.86. The van der Waals surface area contributed by atoms with Gasteiger partial charge in [-0.3, -0.25) is 9.59 Å². The molecule has 0 aromatic carbocycles. The summed E-state index contributed by atoms with van der Waals surface area (Å²) in [5.74, 6) is -2.02. The van der Waals surface area contributed by atoms with E-state index in [4.69, 9.17) is 18.9 Å². The Labute approximate surface area is 548 Å². The van der Waals surface area contributed by atoms with Crippen molar-refractivity contribution in [2.24, 2.45) is 0 Å². The average molecular weight is 1240 g/mol. The van der Waals surface area contributed by atoms with E-state index in [1.54, 1.807) is 0 Å². The van der Waals surface area contributed by atoms with E-state index in [1.807, 2.05) is 21.1 Å². The Balaban J connectivity index is 4.16. The summed E-state index contributed by atoms with van der Waals surface area (Å²) in [6, 6.07) is 0. The van der Waals surface area contributed by atoms with Gasteiger partial charge in [-0.25, -0.2) is 4.79 Å². The molecule has 2 atom stereocenters. The number of esters is 2. The molecule has 1 N–H and O–H groups in total. The van der Waals surface area contributed by atoms with E-state index < -0.39 is 24.3 Å². The Hall–Kier alpha value is -4.57. The van der Waals surface area contributed by atoms with E-state index in [2.05, 4.69) is 148 Å². The Morgan fingerprint density at radius 3 is 0.955 bits per heavy atom. The molecule has 0 bridgehead atoms. The minimum atomic E-state index is -1.52. The van der Waals surface area contributed by atoms with Crippen LogP contribution in [0.25, 0.3) is 0 Å². The van der Waals surface area contributed by atoms with Crippen molar-refractivity contribution in [1.82, 2.24) is 0 Å².